The molecule has 0 spiro atoms. The Morgan fingerprint density at radius 2 is 0.688 bits per heavy atom. The quantitative estimate of drug-likeness (QED) is 0.0557. The number of nitrogens with zero attached hydrogens (tertiary/aromatic N) is 10. The lowest BCUT2D eigenvalue weighted by Crippen LogP contribution is -2.33. The summed E-state index contributed by atoms with van der Waals surface area (Å²) in [6, 6.07) is 19.8. The maximum atomic E-state index is 14.3. The third-order valence-electron chi connectivity index (χ3n) is 13.2. The van der Waals surface area contributed by atoms with Gasteiger partial charge < -0.3 is 38.9 Å². The van der Waals surface area contributed by atoms with Crippen LogP contribution in [0.1, 0.15) is 179 Å². The largest absolute Gasteiger partial charge is 0.446 e. The van der Waals surface area contributed by atoms with E-state index in [1.54, 1.807) is 24.8 Å². The number of fused-ring (bicyclic) bond motifs is 8. The fourth-order valence-electron chi connectivity index (χ4n) is 9.39. The molecule has 0 aromatic carbocycles. The monoisotopic (exact) mass is 1090 g/mol. The van der Waals surface area contributed by atoms with E-state index in [9.17, 15) is 19.2 Å². The number of hydrogen-bond donors (Lipinski definition) is 4. The predicted octanol–water partition coefficient (Wildman–Crippen LogP) is 8.47. The fraction of sp³-hybridized carbons (Fsp3) is 0.379. The van der Waals surface area contributed by atoms with Gasteiger partial charge in [-0.15, -0.1) is 0 Å². The van der Waals surface area contributed by atoms with Gasteiger partial charge in [0.25, 0.3) is 23.6 Å². The highest BCUT2D eigenvalue weighted by molar-refractivity contribution is 5.94. The molecule has 9 heterocycles. The van der Waals surface area contributed by atoms with Gasteiger partial charge in [-0.25, -0.2) is 19.9 Å². The van der Waals surface area contributed by atoms with E-state index in [1.807, 2.05) is 100 Å². The summed E-state index contributed by atoms with van der Waals surface area (Å²) in [7, 11) is 0. The van der Waals surface area contributed by atoms with E-state index >= 15 is 0 Å². The summed E-state index contributed by atoms with van der Waals surface area (Å²) < 4.78 is 23.9. The van der Waals surface area contributed by atoms with Gasteiger partial charge in [0.05, 0.1) is 22.8 Å². The Hall–Kier alpha value is -8.76. The van der Waals surface area contributed by atoms with Gasteiger partial charge in [0, 0.05) is 51.0 Å². The highest BCUT2D eigenvalue weighted by Crippen LogP contribution is 2.28. The van der Waals surface area contributed by atoms with Crippen LogP contribution in [0.2, 0.25) is 0 Å². The van der Waals surface area contributed by atoms with Crippen LogP contribution in [0.25, 0.3) is 0 Å². The summed E-state index contributed by atoms with van der Waals surface area (Å²) in [5.41, 5.74) is 3.31. The average Bonchev–Trinajstić information content (AvgIpc) is 4.33. The van der Waals surface area contributed by atoms with Crippen molar-refractivity contribution in [2.24, 2.45) is 11.8 Å². The van der Waals surface area contributed by atoms with Crippen LogP contribution in [0, 0.1) is 11.8 Å². The van der Waals surface area contributed by atoms with E-state index in [-0.39, 0.29) is 58.2 Å². The zero-order chi connectivity index (χ0) is 55.8. The van der Waals surface area contributed by atoms with Crippen molar-refractivity contribution in [3.8, 4) is 0 Å². The van der Waals surface area contributed by atoms with E-state index in [0.717, 1.165) is 22.8 Å². The Morgan fingerprint density at radius 1 is 0.412 bits per heavy atom. The summed E-state index contributed by atoms with van der Waals surface area (Å²) >= 11 is 0. The molecule has 1 aliphatic rings. The first-order valence-corrected chi connectivity index (χ1v) is 27.0. The number of nitrogens with one attached hydrogen (secondary N) is 4. The molecule has 8 bridgehead atoms. The molecule has 0 fully saturated rings. The number of carbonyl (C=O) groups is 4. The first kappa shape index (κ1) is 56.0. The molecule has 4 amide bonds. The van der Waals surface area contributed by atoms with Crippen molar-refractivity contribution in [3.63, 3.8) is 0 Å². The minimum Gasteiger partial charge on any atom is -0.446 e. The number of hydrogen-bond acceptors (Lipinski definition) is 18. The van der Waals surface area contributed by atoms with Gasteiger partial charge in [0.2, 0.25) is 23.6 Å². The topological polar surface area (TPSA) is 279 Å². The summed E-state index contributed by atoms with van der Waals surface area (Å²) in [5.74, 6) is -1.93. The van der Waals surface area contributed by atoms with Crippen molar-refractivity contribution in [3.05, 3.63) is 192 Å². The van der Waals surface area contributed by atoms with Crippen LogP contribution in [-0.4, -0.2) is 86.4 Å². The first-order chi connectivity index (χ1) is 38.9. The van der Waals surface area contributed by atoms with Crippen molar-refractivity contribution in [2.45, 2.75) is 117 Å². The maximum Gasteiger partial charge on any atom is 0.273 e. The molecule has 8 aromatic heterocycles. The van der Waals surface area contributed by atoms with Gasteiger partial charge in [-0.1, -0.05) is 52.0 Å². The molecule has 4 atom stereocenters. The molecule has 0 saturated carbocycles. The Labute approximate surface area is 463 Å². The van der Waals surface area contributed by atoms with Crippen LogP contribution in [0.3, 0.4) is 0 Å². The summed E-state index contributed by atoms with van der Waals surface area (Å²) in [4.78, 5) is 97.8. The van der Waals surface area contributed by atoms with Gasteiger partial charge in [0.1, 0.15) is 49.2 Å². The number of rotatable bonds is 20. The minimum absolute atomic E-state index is 0.0482. The van der Waals surface area contributed by atoms with Gasteiger partial charge in [-0.2, -0.15) is 0 Å². The molecule has 8 aromatic rings. The average molecular weight is 1090 g/mol. The van der Waals surface area contributed by atoms with E-state index in [4.69, 9.17) is 17.7 Å². The first-order valence-electron chi connectivity index (χ1n) is 27.0. The van der Waals surface area contributed by atoms with Crippen LogP contribution < -0.4 is 21.3 Å². The van der Waals surface area contributed by atoms with Crippen LogP contribution in [0.15, 0.2) is 140 Å². The highest BCUT2D eigenvalue weighted by Gasteiger charge is 2.31. The lowest BCUT2D eigenvalue weighted by Gasteiger charge is -2.23. The third kappa shape index (κ3) is 15.7. The zero-order valence-corrected chi connectivity index (χ0v) is 45.2. The summed E-state index contributed by atoms with van der Waals surface area (Å²) in [5, 5.41) is 12.0. The molecule has 0 unspecified atom stereocenters. The number of aromatic nitrogens is 8. The Morgan fingerprint density at radius 3 is 0.950 bits per heavy atom. The molecule has 4 N–H and O–H groups in total. The molecule has 22 nitrogen and oxygen atoms in total. The molecule has 1 aliphatic heterocycles. The second kappa shape index (κ2) is 27.2. The molecule has 0 saturated heterocycles. The van der Waals surface area contributed by atoms with Gasteiger partial charge in [0.15, 0.2) is 22.8 Å². The van der Waals surface area contributed by atoms with E-state index in [2.05, 4.69) is 70.9 Å². The molecular formula is C58H66N14O8. The SMILES string of the molecule is CC(C)C[C@@H]1NC(=O)c2coc(n2)[C@H](CCCN(Cc2ccccn2)Cc2ccccn2)NC(=O)c2coc(n2)[C@H](CC(C)C)NC(=O)c2coc(n2)[C@H](CCCN(Cc2ccccn2)Cc2ccccn2)NC(=O)c2coc1n2. The number of oxazole rings is 4. The summed E-state index contributed by atoms with van der Waals surface area (Å²) in [6.07, 6.45) is 14.5. The number of pyridine rings is 4. The van der Waals surface area contributed by atoms with Crippen molar-refractivity contribution in [1.29, 1.82) is 0 Å². The molecule has 416 valence electrons. The lowest BCUT2D eigenvalue weighted by molar-refractivity contribution is 0.0911. The van der Waals surface area contributed by atoms with E-state index < -0.39 is 47.8 Å². The second-order valence-corrected chi connectivity index (χ2v) is 20.6. The standard InChI is InChI=1S/C58H66N14O8/c1-37(2)27-45-57-69-47(35-79-57)51(73)63-44(20-14-26-72(31-41-17-7-11-23-61-41)32-42-18-8-12-24-62-42)56-68-50(34-78-56)54(76)66-46(28-38(3)4)58-70-48(36-80-58)52(74)64-43(55-67-49(33-77-55)53(75)65-45)19-13-25-71(29-39-15-5-9-21-59-39)30-40-16-6-10-22-60-40/h5-12,15-18,21-24,33-38,43-46H,13-14,19-20,25-32H2,1-4H3,(H,63,73)(H,64,74)(H,65,75)(H,66,76)/t43-,44-,45-,46-/m0/s1. The van der Waals surface area contributed by atoms with Crippen molar-refractivity contribution in [2.75, 3.05) is 13.1 Å². The van der Waals surface area contributed by atoms with Gasteiger partial charge in [-0.3, -0.25) is 48.9 Å². The van der Waals surface area contributed by atoms with Crippen molar-refractivity contribution >= 4 is 23.6 Å². The number of carbonyl (C=O) groups excluding carboxylic acids is 4. The van der Waals surface area contributed by atoms with Crippen molar-refractivity contribution in [1.82, 2.24) is 70.9 Å². The Kier molecular flexibility index (Phi) is 19.0. The third-order valence-corrected chi connectivity index (χ3v) is 13.2. The molecule has 80 heavy (non-hydrogen) atoms. The van der Waals surface area contributed by atoms with Crippen LogP contribution >= 0.6 is 0 Å². The molecule has 22 heteroatoms. The van der Waals surface area contributed by atoms with Crippen LogP contribution in [0.4, 0.5) is 0 Å². The molecule has 0 radical (unpaired) electrons. The van der Waals surface area contributed by atoms with E-state index in [1.165, 1.54) is 25.1 Å². The predicted molar refractivity (Wildman–Crippen MR) is 289 cm³/mol. The lowest BCUT2D eigenvalue weighted by atomic mass is 10.0. The molecule has 9 rings (SSSR count). The normalized spacial score (nSPS) is 17.3. The number of amides is 4. The Balaban J connectivity index is 0.993. The zero-order valence-electron chi connectivity index (χ0n) is 45.2. The van der Waals surface area contributed by atoms with Crippen molar-refractivity contribution < 1.29 is 36.8 Å². The molecule has 0 aliphatic carbocycles. The molecular weight excluding hydrogens is 1020 g/mol. The fourth-order valence-corrected chi connectivity index (χ4v) is 9.39. The van der Waals surface area contributed by atoms with E-state index in [0.29, 0.717) is 77.8 Å². The van der Waals surface area contributed by atoms with Crippen LogP contribution in [0.5, 0.6) is 0 Å². The smallest absolute Gasteiger partial charge is 0.273 e. The van der Waals surface area contributed by atoms with Crippen LogP contribution in [-0.2, 0) is 26.2 Å². The second-order valence-electron chi connectivity index (χ2n) is 20.6. The summed E-state index contributed by atoms with van der Waals surface area (Å²) in [6.45, 7) is 11.2. The Bertz CT molecular complexity index is 2940. The van der Waals surface area contributed by atoms with Gasteiger partial charge >= 0.3 is 0 Å². The van der Waals surface area contributed by atoms with Gasteiger partial charge in [-0.05, 0) is 112 Å². The maximum absolute atomic E-state index is 14.3. The highest BCUT2D eigenvalue weighted by atomic mass is 16.4. The minimum atomic E-state index is -0.839.